The van der Waals surface area contributed by atoms with Gasteiger partial charge < -0.3 is 79.9 Å². The summed E-state index contributed by atoms with van der Waals surface area (Å²) < 4.78 is 34.5. The second-order valence-electron chi connectivity index (χ2n) is 11.7. The summed E-state index contributed by atoms with van der Waals surface area (Å²) >= 11 is 0. The van der Waals surface area contributed by atoms with Crippen molar-refractivity contribution in [1.29, 1.82) is 0 Å². The molecule has 3 aliphatic heterocycles. The number of benzene rings is 1. The topological polar surface area (TPSA) is 319 Å². The normalized spacial score (nSPS) is 39.5. The third kappa shape index (κ3) is 8.96. The number of aliphatic hydroxyl groups is 8. The molecule has 4 rings (SSSR count). The van der Waals surface area contributed by atoms with Crippen LogP contribution in [0.15, 0.2) is 24.3 Å². The van der Waals surface area contributed by atoms with Crippen LogP contribution in [0.1, 0.15) is 13.8 Å². The summed E-state index contributed by atoms with van der Waals surface area (Å²) in [4.78, 5) is 34.7. The maximum Gasteiger partial charge on any atom is 0.269 e. The summed E-state index contributed by atoms with van der Waals surface area (Å²) in [6.45, 7) is 0.0715. The summed E-state index contributed by atoms with van der Waals surface area (Å²) in [5.41, 5.74) is -0.268. The Morgan fingerprint density at radius 3 is 1.82 bits per heavy atom. The molecule has 3 saturated heterocycles. The van der Waals surface area contributed by atoms with Crippen molar-refractivity contribution >= 4 is 17.5 Å². The van der Waals surface area contributed by atoms with Crippen molar-refractivity contribution in [3.8, 4) is 5.75 Å². The van der Waals surface area contributed by atoms with Gasteiger partial charge in [-0.2, -0.15) is 0 Å². The number of amides is 2. The number of nitro benzene ring substituents is 1. The Balaban J connectivity index is 1.65. The second-order valence-corrected chi connectivity index (χ2v) is 11.7. The molecule has 0 unspecified atom stereocenters. The van der Waals surface area contributed by atoms with Gasteiger partial charge in [-0.15, -0.1) is 0 Å². The number of nitro groups is 1. The zero-order valence-electron chi connectivity index (χ0n) is 26.2. The van der Waals surface area contributed by atoms with Crippen molar-refractivity contribution in [2.75, 3.05) is 19.8 Å². The Kier molecular flexibility index (Phi) is 13.2. The number of hydrogen-bond acceptors (Lipinski definition) is 18. The molecule has 2 amide bonds. The van der Waals surface area contributed by atoms with E-state index in [1.165, 1.54) is 12.1 Å². The first-order valence-electron chi connectivity index (χ1n) is 15.2. The standard InChI is InChI=1S/C28H41N3O18/c1-10(34)29-17-22(39)19(36)14(7-32)46-26(17)44-9-16-21(38)25(49-28-24(41)23(40)20(37)15(8-33)47-28)18(30-11(2)35)27(48-16)45-13-5-3-12(4-6-13)31(42)43/h3-6,14-28,32-33,36-41H,7-9H2,1-2H3,(H,29,34)(H,30,35)/t14-,15-,16-,17+,18+,19+,20-,21+,22+,23+,24-,25+,26-,27-,28+/m0/s1. The lowest BCUT2D eigenvalue weighted by Crippen LogP contribution is -2.69. The number of hydrogen-bond donors (Lipinski definition) is 10. The number of carbonyl (C=O) groups excluding carboxylic acids is 2. The van der Waals surface area contributed by atoms with Gasteiger partial charge in [0.25, 0.3) is 5.69 Å². The van der Waals surface area contributed by atoms with E-state index in [1.54, 1.807) is 0 Å². The number of aliphatic hydroxyl groups excluding tert-OH is 8. The lowest BCUT2D eigenvalue weighted by molar-refractivity contribution is -0.384. The molecule has 1 aromatic rings. The predicted molar refractivity (Wildman–Crippen MR) is 156 cm³/mol. The van der Waals surface area contributed by atoms with E-state index in [1.807, 2.05) is 0 Å². The molecule has 1 aromatic carbocycles. The molecular formula is C28H41N3O18. The number of nitrogens with one attached hydrogen (secondary N) is 2. The Hall–Kier alpha value is -3.16. The van der Waals surface area contributed by atoms with Crippen molar-refractivity contribution in [3.05, 3.63) is 34.4 Å². The molecule has 0 bridgehead atoms. The summed E-state index contributed by atoms with van der Waals surface area (Å²) in [6.07, 6.45) is -21.4. The summed E-state index contributed by atoms with van der Waals surface area (Å²) in [5.74, 6) is -1.31. The predicted octanol–water partition coefficient (Wildman–Crippen LogP) is -5.29. The summed E-state index contributed by atoms with van der Waals surface area (Å²) in [6, 6.07) is 1.92. The van der Waals surface area contributed by atoms with E-state index in [-0.39, 0.29) is 11.4 Å². The molecule has 21 nitrogen and oxygen atoms in total. The zero-order chi connectivity index (χ0) is 36.2. The van der Waals surface area contributed by atoms with Gasteiger partial charge in [-0.05, 0) is 12.1 Å². The lowest BCUT2D eigenvalue weighted by Gasteiger charge is -2.48. The van der Waals surface area contributed by atoms with Crippen LogP contribution >= 0.6 is 0 Å². The van der Waals surface area contributed by atoms with Gasteiger partial charge in [-0.25, -0.2) is 0 Å². The molecule has 0 aliphatic carbocycles. The van der Waals surface area contributed by atoms with Gasteiger partial charge in [0.05, 0.1) is 24.7 Å². The first kappa shape index (κ1) is 38.6. The van der Waals surface area contributed by atoms with E-state index in [0.717, 1.165) is 26.0 Å². The van der Waals surface area contributed by atoms with Crippen LogP contribution in [-0.4, -0.2) is 169 Å². The quantitative estimate of drug-likeness (QED) is 0.0716. The van der Waals surface area contributed by atoms with Crippen molar-refractivity contribution in [2.24, 2.45) is 0 Å². The van der Waals surface area contributed by atoms with E-state index < -0.39 is 129 Å². The maximum absolute atomic E-state index is 12.3. The Morgan fingerprint density at radius 2 is 1.27 bits per heavy atom. The average molecular weight is 708 g/mol. The van der Waals surface area contributed by atoms with Gasteiger partial charge in [-0.3, -0.25) is 19.7 Å². The zero-order valence-corrected chi connectivity index (χ0v) is 26.2. The maximum atomic E-state index is 12.3. The van der Waals surface area contributed by atoms with Gasteiger partial charge in [0.2, 0.25) is 18.1 Å². The highest BCUT2D eigenvalue weighted by atomic mass is 16.7. The molecule has 0 aromatic heterocycles. The van der Waals surface area contributed by atoms with E-state index in [0.29, 0.717) is 0 Å². The fraction of sp³-hybridized carbons (Fsp3) is 0.714. The molecular weight excluding hydrogens is 666 g/mol. The van der Waals surface area contributed by atoms with Crippen LogP contribution in [0.3, 0.4) is 0 Å². The molecule has 15 atom stereocenters. The number of rotatable bonds is 12. The van der Waals surface area contributed by atoms with E-state index in [2.05, 4.69) is 10.6 Å². The van der Waals surface area contributed by atoms with Crippen molar-refractivity contribution in [3.63, 3.8) is 0 Å². The Labute approximate surface area is 278 Å². The third-order valence-corrected chi connectivity index (χ3v) is 8.16. The fourth-order valence-corrected chi connectivity index (χ4v) is 5.62. The van der Waals surface area contributed by atoms with Crippen LogP contribution in [-0.2, 0) is 33.3 Å². The molecule has 21 heteroatoms. The number of carbonyl (C=O) groups is 2. The summed E-state index contributed by atoms with van der Waals surface area (Å²) in [5, 5.41) is 98.9. The molecule has 10 N–H and O–H groups in total. The van der Waals surface area contributed by atoms with Crippen LogP contribution < -0.4 is 15.4 Å². The Morgan fingerprint density at radius 1 is 0.735 bits per heavy atom. The van der Waals surface area contributed by atoms with Crippen LogP contribution in [0, 0.1) is 10.1 Å². The van der Waals surface area contributed by atoms with Crippen molar-refractivity contribution in [2.45, 2.75) is 106 Å². The SMILES string of the molecule is CC(=O)N[C@H]1[C@@H](OC[C@@H]2O[C@H](Oc3ccc([N+](=O)[O-])cc3)[C@H](NC(C)=O)[C@@H](O[C@H]3O[C@@H](CO)[C@H](O)[C@@H](O)[C@@H]3O)[C@@H]2O)O[C@@H](CO)[C@@H](O)[C@@H]1O. The van der Waals surface area contributed by atoms with Crippen molar-refractivity contribution in [1.82, 2.24) is 10.6 Å². The van der Waals surface area contributed by atoms with Crippen LogP contribution in [0.4, 0.5) is 5.69 Å². The monoisotopic (exact) mass is 707 g/mol. The fourth-order valence-electron chi connectivity index (χ4n) is 5.62. The smallest absolute Gasteiger partial charge is 0.269 e. The number of ether oxygens (including phenoxy) is 6. The van der Waals surface area contributed by atoms with Gasteiger partial charge in [0.15, 0.2) is 12.6 Å². The Bertz CT molecular complexity index is 1270. The third-order valence-electron chi connectivity index (χ3n) is 8.16. The van der Waals surface area contributed by atoms with Gasteiger partial charge >= 0.3 is 0 Å². The summed E-state index contributed by atoms with van der Waals surface area (Å²) in [7, 11) is 0. The first-order chi connectivity index (χ1) is 23.2. The average Bonchev–Trinajstić information content (AvgIpc) is 3.06. The molecule has 0 saturated carbocycles. The van der Waals surface area contributed by atoms with Gasteiger partial charge in [0, 0.05) is 26.0 Å². The number of nitrogens with zero attached hydrogens (tertiary/aromatic N) is 1. The molecule has 0 radical (unpaired) electrons. The largest absolute Gasteiger partial charge is 0.463 e. The van der Waals surface area contributed by atoms with Crippen LogP contribution in [0.5, 0.6) is 5.75 Å². The first-order valence-corrected chi connectivity index (χ1v) is 15.2. The molecule has 3 fully saturated rings. The molecule has 0 spiro atoms. The minimum atomic E-state index is -1.92. The highest BCUT2D eigenvalue weighted by Gasteiger charge is 2.53. The van der Waals surface area contributed by atoms with Crippen LogP contribution in [0.25, 0.3) is 0 Å². The molecule has 3 aliphatic rings. The molecule has 3 heterocycles. The minimum absolute atomic E-state index is 0.00201. The highest BCUT2D eigenvalue weighted by molar-refractivity contribution is 5.73. The van der Waals surface area contributed by atoms with Crippen molar-refractivity contribution < 1.29 is 83.8 Å². The van der Waals surface area contributed by atoms with Gasteiger partial charge in [0.1, 0.15) is 78.9 Å². The van der Waals surface area contributed by atoms with Gasteiger partial charge in [-0.1, -0.05) is 0 Å². The molecule has 49 heavy (non-hydrogen) atoms. The van der Waals surface area contributed by atoms with E-state index in [9.17, 15) is 60.6 Å². The van der Waals surface area contributed by atoms with E-state index in [4.69, 9.17) is 28.4 Å². The lowest BCUT2D eigenvalue weighted by atomic mass is 9.95. The van der Waals surface area contributed by atoms with E-state index >= 15 is 0 Å². The second kappa shape index (κ2) is 16.7. The number of non-ortho nitro benzene ring substituents is 1. The molecule has 276 valence electrons. The highest BCUT2D eigenvalue weighted by Crippen LogP contribution is 2.32. The van der Waals surface area contributed by atoms with Crippen LogP contribution in [0.2, 0.25) is 0 Å². The minimum Gasteiger partial charge on any atom is -0.463 e.